The second-order valence-electron chi connectivity index (χ2n) is 6.63. The molecule has 110 valence electrons. The summed E-state index contributed by atoms with van der Waals surface area (Å²) in [5, 5.41) is 3.35. The van der Waals surface area contributed by atoms with E-state index in [-0.39, 0.29) is 5.82 Å². The Labute approximate surface area is 121 Å². The molecule has 2 aliphatic carbocycles. The van der Waals surface area contributed by atoms with Crippen molar-refractivity contribution in [3.63, 3.8) is 0 Å². The highest BCUT2D eigenvalue weighted by Crippen LogP contribution is 2.48. The van der Waals surface area contributed by atoms with Crippen LogP contribution in [0, 0.1) is 23.6 Å². The largest absolute Gasteiger partial charge is 0.384 e. The zero-order chi connectivity index (χ0) is 13.9. The van der Waals surface area contributed by atoms with Crippen molar-refractivity contribution in [1.29, 1.82) is 0 Å². The molecule has 3 atom stereocenters. The first-order chi connectivity index (χ1) is 9.70. The van der Waals surface area contributed by atoms with E-state index in [1.165, 1.54) is 44.4 Å². The number of nitrogens with one attached hydrogen (secondary N) is 1. The van der Waals surface area contributed by atoms with Crippen molar-refractivity contribution >= 4 is 5.69 Å². The lowest BCUT2D eigenvalue weighted by Gasteiger charge is -2.27. The molecule has 2 bridgehead atoms. The average Bonchev–Trinajstić information content (AvgIpc) is 3.03. The number of halogens is 1. The standard InChI is InChI=1S/C17H25FN2/c1-20(12-15-11-13-2-3-14(15)10-13)9-8-19-17-6-4-16(18)5-7-17/h4-7,13-15,19H,2-3,8-12H2,1H3. The highest BCUT2D eigenvalue weighted by molar-refractivity contribution is 5.42. The Kier molecular flexibility index (Phi) is 4.25. The smallest absolute Gasteiger partial charge is 0.123 e. The van der Waals surface area contributed by atoms with E-state index in [1.807, 2.05) is 0 Å². The topological polar surface area (TPSA) is 15.3 Å². The highest BCUT2D eigenvalue weighted by Gasteiger charge is 2.39. The predicted molar refractivity (Wildman–Crippen MR) is 81.3 cm³/mol. The van der Waals surface area contributed by atoms with E-state index >= 15 is 0 Å². The molecule has 1 aromatic rings. The van der Waals surface area contributed by atoms with Gasteiger partial charge in [0.1, 0.15) is 5.82 Å². The molecule has 0 aromatic heterocycles. The molecule has 2 aliphatic rings. The fraction of sp³-hybridized carbons (Fsp3) is 0.647. The summed E-state index contributed by atoms with van der Waals surface area (Å²) in [6.45, 7) is 3.21. The van der Waals surface area contributed by atoms with Gasteiger partial charge < -0.3 is 10.2 Å². The molecule has 2 nitrogen and oxygen atoms in total. The third-order valence-electron chi connectivity index (χ3n) is 5.10. The van der Waals surface area contributed by atoms with Crippen molar-refractivity contribution in [2.45, 2.75) is 25.7 Å². The Bertz CT molecular complexity index is 431. The van der Waals surface area contributed by atoms with Gasteiger partial charge in [0.2, 0.25) is 0 Å². The number of fused-ring (bicyclic) bond motifs is 2. The number of benzene rings is 1. The van der Waals surface area contributed by atoms with Crippen LogP contribution in [0.1, 0.15) is 25.7 Å². The van der Waals surface area contributed by atoms with Gasteiger partial charge in [0, 0.05) is 25.3 Å². The number of rotatable bonds is 6. The van der Waals surface area contributed by atoms with Crippen LogP contribution in [0.2, 0.25) is 0 Å². The Hall–Kier alpha value is -1.09. The molecule has 1 N–H and O–H groups in total. The number of hydrogen-bond acceptors (Lipinski definition) is 2. The second kappa shape index (κ2) is 6.13. The summed E-state index contributed by atoms with van der Waals surface area (Å²) in [5.74, 6) is 2.80. The molecule has 0 heterocycles. The third-order valence-corrected chi connectivity index (χ3v) is 5.10. The fourth-order valence-electron chi connectivity index (χ4n) is 4.05. The predicted octanol–water partition coefficient (Wildman–Crippen LogP) is 3.61. The Morgan fingerprint density at radius 2 is 2.00 bits per heavy atom. The summed E-state index contributed by atoms with van der Waals surface area (Å²) < 4.78 is 12.8. The quantitative estimate of drug-likeness (QED) is 0.854. The van der Waals surface area contributed by atoms with Gasteiger partial charge in [-0.1, -0.05) is 6.42 Å². The molecule has 0 radical (unpaired) electrons. The molecular formula is C17H25FN2. The first-order valence-corrected chi connectivity index (χ1v) is 7.88. The first kappa shape index (κ1) is 13.9. The summed E-state index contributed by atoms with van der Waals surface area (Å²) in [6, 6.07) is 6.60. The van der Waals surface area contributed by atoms with Gasteiger partial charge in [-0.15, -0.1) is 0 Å². The summed E-state index contributed by atoms with van der Waals surface area (Å²) in [7, 11) is 2.22. The van der Waals surface area contributed by atoms with Crippen LogP contribution in [0.5, 0.6) is 0 Å². The van der Waals surface area contributed by atoms with Crippen molar-refractivity contribution in [2.75, 3.05) is 32.0 Å². The molecule has 3 rings (SSSR count). The van der Waals surface area contributed by atoms with Gasteiger partial charge in [0.15, 0.2) is 0 Å². The van der Waals surface area contributed by atoms with Crippen molar-refractivity contribution < 1.29 is 4.39 Å². The summed E-state index contributed by atoms with van der Waals surface area (Å²) in [6.07, 6.45) is 5.90. The normalized spacial score (nSPS) is 28.2. The molecule has 20 heavy (non-hydrogen) atoms. The van der Waals surface area contributed by atoms with E-state index in [2.05, 4.69) is 17.3 Å². The molecule has 0 saturated heterocycles. The Morgan fingerprint density at radius 3 is 2.65 bits per heavy atom. The zero-order valence-electron chi connectivity index (χ0n) is 12.3. The van der Waals surface area contributed by atoms with E-state index in [4.69, 9.17) is 0 Å². The first-order valence-electron chi connectivity index (χ1n) is 7.88. The lowest BCUT2D eigenvalue weighted by atomic mass is 9.88. The minimum atomic E-state index is -0.177. The summed E-state index contributed by atoms with van der Waals surface area (Å²) >= 11 is 0. The zero-order valence-corrected chi connectivity index (χ0v) is 12.3. The maximum absolute atomic E-state index is 12.8. The Morgan fingerprint density at radius 1 is 1.20 bits per heavy atom. The molecule has 0 aliphatic heterocycles. The third kappa shape index (κ3) is 3.32. The lowest BCUT2D eigenvalue weighted by molar-refractivity contribution is 0.225. The van der Waals surface area contributed by atoms with E-state index in [0.29, 0.717) is 0 Å². The monoisotopic (exact) mass is 276 g/mol. The van der Waals surface area contributed by atoms with Gasteiger partial charge in [-0.25, -0.2) is 4.39 Å². The molecule has 0 spiro atoms. The van der Waals surface area contributed by atoms with Crippen molar-refractivity contribution in [1.82, 2.24) is 4.90 Å². The minimum Gasteiger partial charge on any atom is -0.384 e. The maximum atomic E-state index is 12.8. The van der Waals surface area contributed by atoms with Crippen LogP contribution in [0.3, 0.4) is 0 Å². The number of likely N-dealkylation sites (N-methyl/N-ethyl adjacent to an activating group) is 1. The second-order valence-corrected chi connectivity index (χ2v) is 6.63. The van der Waals surface area contributed by atoms with Gasteiger partial charge in [0.05, 0.1) is 0 Å². The Balaban J connectivity index is 1.37. The van der Waals surface area contributed by atoms with Crippen LogP contribution in [-0.2, 0) is 0 Å². The number of anilines is 1. The van der Waals surface area contributed by atoms with Crippen molar-refractivity contribution in [3.8, 4) is 0 Å². The molecule has 1 aromatic carbocycles. The van der Waals surface area contributed by atoms with Gasteiger partial charge in [-0.05, 0) is 68.3 Å². The number of hydrogen-bond donors (Lipinski definition) is 1. The van der Waals surface area contributed by atoms with E-state index < -0.39 is 0 Å². The van der Waals surface area contributed by atoms with Gasteiger partial charge in [-0.2, -0.15) is 0 Å². The molecule has 3 unspecified atom stereocenters. The molecular weight excluding hydrogens is 251 g/mol. The average molecular weight is 276 g/mol. The van der Waals surface area contributed by atoms with E-state index in [1.54, 1.807) is 12.1 Å². The van der Waals surface area contributed by atoms with Crippen LogP contribution in [0.25, 0.3) is 0 Å². The fourth-order valence-corrected chi connectivity index (χ4v) is 4.05. The van der Waals surface area contributed by atoms with Gasteiger partial charge >= 0.3 is 0 Å². The van der Waals surface area contributed by atoms with Crippen LogP contribution < -0.4 is 5.32 Å². The van der Waals surface area contributed by atoms with Crippen LogP contribution in [-0.4, -0.2) is 31.6 Å². The van der Waals surface area contributed by atoms with Crippen LogP contribution in [0.15, 0.2) is 24.3 Å². The lowest BCUT2D eigenvalue weighted by Crippen LogP contribution is -2.32. The van der Waals surface area contributed by atoms with E-state index in [0.717, 1.165) is 36.5 Å². The van der Waals surface area contributed by atoms with Crippen molar-refractivity contribution in [2.24, 2.45) is 17.8 Å². The SMILES string of the molecule is CN(CCNc1ccc(F)cc1)CC1CC2CCC1C2. The van der Waals surface area contributed by atoms with Gasteiger partial charge in [-0.3, -0.25) is 0 Å². The maximum Gasteiger partial charge on any atom is 0.123 e. The molecule has 2 saturated carbocycles. The minimum absolute atomic E-state index is 0.177. The van der Waals surface area contributed by atoms with Gasteiger partial charge in [0.25, 0.3) is 0 Å². The molecule has 2 fully saturated rings. The van der Waals surface area contributed by atoms with Crippen molar-refractivity contribution in [3.05, 3.63) is 30.1 Å². The summed E-state index contributed by atoms with van der Waals surface area (Å²) in [5.41, 5.74) is 1.000. The number of nitrogens with zero attached hydrogens (tertiary/aromatic N) is 1. The highest BCUT2D eigenvalue weighted by atomic mass is 19.1. The van der Waals surface area contributed by atoms with Crippen LogP contribution in [0.4, 0.5) is 10.1 Å². The molecule has 3 heteroatoms. The van der Waals surface area contributed by atoms with E-state index in [9.17, 15) is 4.39 Å². The van der Waals surface area contributed by atoms with Crippen LogP contribution >= 0.6 is 0 Å². The molecule has 0 amide bonds. The summed E-state index contributed by atoms with van der Waals surface area (Å²) in [4.78, 5) is 2.45.